The van der Waals surface area contributed by atoms with Crippen LogP contribution in [0.5, 0.6) is 0 Å². The van der Waals surface area contributed by atoms with Gasteiger partial charge in [0.2, 0.25) is 0 Å². The molecule has 5 nitrogen and oxygen atoms in total. The fraction of sp³-hybridized carbons (Fsp3) is 0.474. The maximum absolute atomic E-state index is 12.9. The molecule has 1 N–H and O–H groups in total. The van der Waals surface area contributed by atoms with Crippen LogP contribution in [0.1, 0.15) is 35.3 Å². The highest BCUT2D eigenvalue weighted by Gasteiger charge is 2.38. The zero-order valence-corrected chi connectivity index (χ0v) is 14.0. The summed E-state index contributed by atoms with van der Waals surface area (Å²) in [5.74, 6) is 0.831. The number of aryl methyl sites for hydroxylation is 1. The quantitative estimate of drug-likeness (QED) is 0.922. The van der Waals surface area contributed by atoms with Crippen LogP contribution in [-0.2, 0) is 0 Å². The number of piperidine rings is 1. The van der Waals surface area contributed by atoms with Crippen LogP contribution >= 0.6 is 0 Å². The zero-order valence-electron chi connectivity index (χ0n) is 14.0. The fourth-order valence-electron chi connectivity index (χ4n) is 3.93. The van der Waals surface area contributed by atoms with E-state index in [-0.39, 0.29) is 5.91 Å². The molecule has 2 fully saturated rings. The van der Waals surface area contributed by atoms with Gasteiger partial charge in [0.05, 0.1) is 17.5 Å². The van der Waals surface area contributed by atoms with Crippen molar-refractivity contribution in [1.29, 1.82) is 0 Å². The lowest BCUT2D eigenvalue weighted by Crippen LogP contribution is -2.44. The molecule has 0 aliphatic carbocycles. The van der Waals surface area contributed by atoms with E-state index in [1.54, 1.807) is 6.26 Å². The van der Waals surface area contributed by atoms with Crippen LogP contribution in [0.4, 0.5) is 0 Å². The number of hydrogen-bond donors (Lipinski definition) is 1. The minimum absolute atomic E-state index is 0.104. The monoisotopic (exact) mass is 325 g/mol. The Morgan fingerprint density at radius 1 is 1.25 bits per heavy atom. The first-order valence-corrected chi connectivity index (χ1v) is 8.68. The second kappa shape index (κ2) is 6.06. The van der Waals surface area contributed by atoms with E-state index in [1.165, 1.54) is 6.42 Å². The van der Waals surface area contributed by atoms with Crippen molar-refractivity contribution in [2.24, 2.45) is 5.41 Å². The van der Waals surface area contributed by atoms with E-state index in [0.29, 0.717) is 11.0 Å². The summed E-state index contributed by atoms with van der Waals surface area (Å²) in [5.41, 5.74) is 2.65. The van der Waals surface area contributed by atoms with Gasteiger partial charge in [-0.05, 0) is 62.4 Å². The van der Waals surface area contributed by atoms with Crippen molar-refractivity contribution in [1.82, 2.24) is 15.2 Å². The molecule has 5 heteroatoms. The van der Waals surface area contributed by atoms with Gasteiger partial charge < -0.3 is 14.6 Å². The largest absolute Gasteiger partial charge is 0.463 e. The van der Waals surface area contributed by atoms with Gasteiger partial charge in [0.25, 0.3) is 5.91 Å². The lowest BCUT2D eigenvalue weighted by atomic mass is 9.78. The van der Waals surface area contributed by atoms with Gasteiger partial charge in [0.1, 0.15) is 5.69 Å². The number of amides is 1. The van der Waals surface area contributed by atoms with E-state index in [9.17, 15) is 4.79 Å². The molecule has 2 aliphatic heterocycles. The highest BCUT2D eigenvalue weighted by Crippen LogP contribution is 2.37. The summed E-state index contributed by atoms with van der Waals surface area (Å²) in [6, 6.07) is 7.46. The molecule has 0 bridgehead atoms. The molecule has 0 unspecified atom stereocenters. The molecule has 4 rings (SSSR count). The summed E-state index contributed by atoms with van der Waals surface area (Å²) in [6.45, 7) is 5.81. The first-order valence-electron chi connectivity index (χ1n) is 8.68. The highest BCUT2D eigenvalue weighted by molar-refractivity contribution is 5.95. The number of carbonyl (C=O) groups excluding carboxylic acids is 1. The van der Waals surface area contributed by atoms with Crippen LogP contribution in [-0.4, -0.2) is 42.0 Å². The molecule has 2 saturated heterocycles. The molecule has 0 saturated carbocycles. The Balaban J connectivity index is 1.49. The Morgan fingerprint density at radius 3 is 2.71 bits per heavy atom. The van der Waals surface area contributed by atoms with Gasteiger partial charge in [0.15, 0.2) is 5.76 Å². The summed E-state index contributed by atoms with van der Waals surface area (Å²) in [6.07, 6.45) is 5.08. The molecular weight excluding hydrogens is 302 g/mol. The molecule has 4 heterocycles. The van der Waals surface area contributed by atoms with E-state index < -0.39 is 0 Å². The van der Waals surface area contributed by atoms with Gasteiger partial charge in [-0.3, -0.25) is 4.79 Å². The van der Waals surface area contributed by atoms with Crippen molar-refractivity contribution >= 4 is 5.91 Å². The van der Waals surface area contributed by atoms with Gasteiger partial charge in [-0.1, -0.05) is 0 Å². The Morgan fingerprint density at radius 2 is 2.08 bits per heavy atom. The predicted octanol–water partition coefficient (Wildman–Crippen LogP) is 2.87. The zero-order chi connectivity index (χ0) is 16.6. The van der Waals surface area contributed by atoms with Crippen molar-refractivity contribution in [3.05, 3.63) is 41.8 Å². The maximum atomic E-state index is 12.9. The van der Waals surface area contributed by atoms with Crippen molar-refractivity contribution in [2.75, 3.05) is 26.2 Å². The van der Waals surface area contributed by atoms with E-state index in [1.807, 2.05) is 36.1 Å². The standard InChI is InChI=1S/C19H23N3O2/c1-14-15(4-5-16(21-14)17-3-2-12-24-17)18(23)22-10-7-19(8-11-22)6-9-20-13-19/h2-5,12,20H,6-11,13H2,1H3. The number of furan rings is 1. The lowest BCUT2D eigenvalue weighted by molar-refractivity contribution is 0.0606. The highest BCUT2D eigenvalue weighted by atomic mass is 16.3. The van der Waals surface area contributed by atoms with E-state index in [0.717, 1.165) is 56.2 Å². The number of hydrogen-bond acceptors (Lipinski definition) is 4. The number of carbonyl (C=O) groups is 1. The number of nitrogens with one attached hydrogen (secondary N) is 1. The third-order valence-corrected chi connectivity index (χ3v) is 5.53. The summed E-state index contributed by atoms with van der Waals surface area (Å²) in [7, 11) is 0. The van der Waals surface area contributed by atoms with Crippen LogP contribution in [0, 0.1) is 12.3 Å². The summed E-state index contributed by atoms with van der Waals surface area (Å²) in [4.78, 5) is 19.4. The van der Waals surface area contributed by atoms with Crippen LogP contribution in [0.25, 0.3) is 11.5 Å². The Kier molecular flexibility index (Phi) is 3.88. The van der Waals surface area contributed by atoms with E-state index >= 15 is 0 Å². The third-order valence-electron chi connectivity index (χ3n) is 5.53. The average Bonchev–Trinajstić information content (AvgIpc) is 3.27. The third kappa shape index (κ3) is 2.73. The molecule has 2 aliphatic rings. The minimum atomic E-state index is 0.104. The normalized spacial score (nSPS) is 19.8. The van der Waals surface area contributed by atoms with Crippen molar-refractivity contribution in [3.8, 4) is 11.5 Å². The SMILES string of the molecule is Cc1nc(-c2ccco2)ccc1C(=O)N1CCC2(CCNC2)CC1. The second-order valence-electron chi connectivity index (χ2n) is 7.03. The molecule has 2 aromatic heterocycles. The lowest BCUT2D eigenvalue weighted by Gasteiger charge is -2.39. The minimum Gasteiger partial charge on any atom is -0.463 e. The molecule has 0 radical (unpaired) electrons. The summed E-state index contributed by atoms with van der Waals surface area (Å²) >= 11 is 0. The number of rotatable bonds is 2. The smallest absolute Gasteiger partial charge is 0.255 e. The van der Waals surface area contributed by atoms with Crippen molar-refractivity contribution < 1.29 is 9.21 Å². The predicted molar refractivity (Wildman–Crippen MR) is 91.7 cm³/mol. The molecule has 2 aromatic rings. The summed E-state index contributed by atoms with van der Waals surface area (Å²) < 4.78 is 5.38. The molecule has 0 aromatic carbocycles. The molecule has 1 amide bonds. The van der Waals surface area contributed by atoms with Crippen molar-refractivity contribution in [3.63, 3.8) is 0 Å². The summed E-state index contributed by atoms with van der Waals surface area (Å²) in [5, 5.41) is 3.46. The first kappa shape index (κ1) is 15.4. The van der Waals surface area contributed by atoms with Crippen LogP contribution in [0.15, 0.2) is 34.9 Å². The Bertz CT molecular complexity index is 723. The molecule has 126 valence electrons. The molecule has 1 spiro atoms. The van der Waals surface area contributed by atoms with E-state index in [2.05, 4.69) is 10.3 Å². The van der Waals surface area contributed by atoms with Gasteiger partial charge in [0, 0.05) is 19.6 Å². The number of pyridine rings is 1. The molecular formula is C19H23N3O2. The maximum Gasteiger partial charge on any atom is 0.255 e. The number of likely N-dealkylation sites (tertiary alicyclic amines) is 1. The van der Waals surface area contributed by atoms with Crippen molar-refractivity contribution in [2.45, 2.75) is 26.2 Å². The van der Waals surface area contributed by atoms with E-state index in [4.69, 9.17) is 4.42 Å². The van der Waals surface area contributed by atoms with Gasteiger partial charge in [-0.15, -0.1) is 0 Å². The van der Waals surface area contributed by atoms with Gasteiger partial charge >= 0.3 is 0 Å². The van der Waals surface area contributed by atoms with Gasteiger partial charge in [-0.25, -0.2) is 4.98 Å². The van der Waals surface area contributed by atoms with Crippen LogP contribution in [0.2, 0.25) is 0 Å². The Labute approximate surface area is 142 Å². The first-order chi connectivity index (χ1) is 11.7. The molecule has 24 heavy (non-hydrogen) atoms. The van der Waals surface area contributed by atoms with Crippen LogP contribution < -0.4 is 5.32 Å². The fourth-order valence-corrected chi connectivity index (χ4v) is 3.93. The number of nitrogens with zero attached hydrogens (tertiary/aromatic N) is 2. The molecule has 0 atom stereocenters. The Hall–Kier alpha value is -2.14. The number of aromatic nitrogens is 1. The van der Waals surface area contributed by atoms with Gasteiger partial charge in [-0.2, -0.15) is 0 Å². The topological polar surface area (TPSA) is 58.4 Å². The van der Waals surface area contributed by atoms with Crippen LogP contribution in [0.3, 0.4) is 0 Å². The second-order valence-corrected chi connectivity index (χ2v) is 7.03. The average molecular weight is 325 g/mol.